The van der Waals surface area contributed by atoms with E-state index in [1.165, 1.54) is 5.69 Å². The number of carbonyl (C=O) groups is 1. The average molecular weight is 515 g/mol. The molecule has 2 fully saturated rings. The van der Waals surface area contributed by atoms with Crippen molar-refractivity contribution in [3.05, 3.63) is 55.0 Å². The Labute approximate surface area is 222 Å². The van der Waals surface area contributed by atoms with Crippen LogP contribution in [0.1, 0.15) is 25.7 Å². The van der Waals surface area contributed by atoms with Crippen LogP contribution in [-0.2, 0) is 0 Å². The minimum Gasteiger partial charge on any atom is -0.497 e. The van der Waals surface area contributed by atoms with Gasteiger partial charge in [0.05, 0.1) is 25.4 Å². The molecule has 9 nitrogen and oxygen atoms in total. The van der Waals surface area contributed by atoms with Gasteiger partial charge in [0.25, 0.3) is 0 Å². The summed E-state index contributed by atoms with van der Waals surface area (Å²) >= 11 is 0. The van der Waals surface area contributed by atoms with Crippen LogP contribution in [0, 0.1) is 5.92 Å². The molecule has 9 heteroatoms. The zero-order chi connectivity index (χ0) is 25.9. The zero-order valence-electron chi connectivity index (χ0n) is 21.7. The van der Waals surface area contributed by atoms with Crippen LogP contribution in [0.3, 0.4) is 0 Å². The molecule has 0 spiro atoms. The fourth-order valence-electron chi connectivity index (χ4n) is 5.70. The third-order valence-corrected chi connectivity index (χ3v) is 7.78. The van der Waals surface area contributed by atoms with E-state index in [4.69, 9.17) is 9.47 Å². The minimum absolute atomic E-state index is 0.0491. The lowest BCUT2D eigenvalue weighted by atomic mass is 9.99. The number of hydrogen-bond donors (Lipinski definition) is 2. The number of H-pyrrole nitrogens is 1. The number of methoxy groups -OCH3 is 1. The highest BCUT2D eigenvalue weighted by atomic mass is 16.5. The maximum absolute atomic E-state index is 13.1. The zero-order valence-corrected chi connectivity index (χ0v) is 21.7. The first-order chi connectivity index (χ1) is 18.7. The quantitative estimate of drug-likeness (QED) is 0.391. The fourth-order valence-corrected chi connectivity index (χ4v) is 5.70. The molecular weight excluding hydrogens is 480 g/mol. The third-order valence-electron chi connectivity index (χ3n) is 7.78. The number of piperidine rings is 2. The number of nitrogens with zero attached hydrogens (tertiary/aromatic N) is 4. The lowest BCUT2D eigenvalue weighted by molar-refractivity contribution is 0.134. The van der Waals surface area contributed by atoms with E-state index in [9.17, 15) is 4.79 Å². The third kappa shape index (κ3) is 5.05. The Morgan fingerprint density at radius 2 is 1.87 bits per heavy atom. The standard InChI is InChI=1S/C29H34N6O3/c1-37-22-4-6-23(7-5-22)38-19-20-3-2-14-35(18-20)29(36)33-21-10-15-34(16-11-21)26-9-13-30-25-17-32-28-24(27(25)26)8-12-31-28/h4-9,12-13,17,20-21,30H,2-3,10-11,14-16,18-19H2,1H3,(H,33,36). The van der Waals surface area contributed by atoms with E-state index in [1.54, 1.807) is 7.11 Å². The fraction of sp³-hybridized carbons (Fsp3) is 0.414. The number of anilines is 1. The predicted octanol–water partition coefficient (Wildman–Crippen LogP) is 4.59. The number of ether oxygens (including phenoxy) is 2. The molecule has 5 heterocycles. The number of carbonyl (C=O) groups excluding carboxylic acids is 1. The van der Waals surface area contributed by atoms with E-state index in [1.807, 2.05) is 53.8 Å². The van der Waals surface area contributed by atoms with Gasteiger partial charge in [0, 0.05) is 67.0 Å². The van der Waals surface area contributed by atoms with Gasteiger partial charge in [-0.3, -0.25) is 0 Å². The van der Waals surface area contributed by atoms with Gasteiger partial charge in [0.1, 0.15) is 11.5 Å². The number of aromatic nitrogens is 3. The predicted molar refractivity (Wildman–Crippen MR) is 148 cm³/mol. The maximum atomic E-state index is 13.1. The van der Waals surface area contributed by atoms with Gasteiger partial charge in [-0.15, -0.1) is 0 Å². The molecule has 2 aliphatic rings. The van der Waals surface area contributed by atoms with Crippen molar-refractivity contribution in [1.29, 1.82) is 0 Å². The topological polar surface area (TPSA) is 95.6 Å². The van der Waals surface area contributed by atoms with Gasteiger partial charge in [-0.05, 0) is 62.1 Å². The molecule has 1 aromatic carbocycles. The number of amides is 2. The molecule has 2 aliphatic heterocycles. The van der Waals surface area contributed by atoms with Gasteiger partial charge in [0.15, 0.2) is 5.65 Å². The summed E-state index contributed by atoms with van der Waals surface area (Å²) in [6.07, 6.45) is 9.54. The number of rotatable bonds is 6. The smallest absolute Gasteiger partial charge is 0.317 e. The number of likely N-dealkylation sites (tertiary alicyclic amines) is 1. The van der Waals surface area contributed by atoms with Gasteiger partial charge < -0.3 is 29.6 Å². The molecular formula is C29H34N6O3. The summed E-state index contributed by atoms with van der Waals surface area (Å²) in [6.45, 7) is 3.91. The average Bonchev–Trinajstić information content (AvgIpc) is 3.46. The van der Waals surface area contributed by atoms with Crippen LogP contribution >= 0.6 is 0 Å². The Morgan fingerprint density at radius 3 is 2.68 bits per heavy atom. The first-order valence-electron chi connectivity index (χ1n) is 13.5. The molecule has 1 unspecified atom stereocenters. The Kier molecular flexibility index (Phi) is 6.90. The molecule has 0 bridgehead atoms. The van der Waals surface area contributed by atoms with Gasteiger partial charge in [-0.2, -0.15) is 0 Å². The van der Waals surface area contributed by atoms with E-state index in [2.05, 4.69) is 31.2 Å². The number of fused-ring (bicyclic) bond motifs is 3. The van der Waals surface area contributed by atoms with Gasteiger partial charge in [-0.25, -0.2) is 14.8 Å². The van der Waals surface area contributed by atoms with Crippen LogP contribution in [-0.4, -0.2) is 71.8 Å². The number of hydrogen-bond acceptors (Lipinski definition) is 6. The lowest BCUT2D eigenvalue weighted by Gasteiger charge is -2.37. The number of pyridine rings is 2. The minimum atomic E-state index is 0.0491. The van der Waals surface area contributed by atoms with E-state index >= 15 is 0 Å². The first kappa shape index (κ1) is 24.3. The molecule has 198 valence electrons. The molecule has 2 amide bonds. The van der Waals surface area contributed by atoms with Crippen LogP contribution in [0.25, 0.3) is 21.9 Å². The van der Waals surface area contributed by atoms with E-state index < -0.39 is 0 Å². The highest BCUT2D eigenvalue weighted by molar-refractivity contribution is 6.09. The Balaban J connectivity index is 1.02. The Bertz CT molecular complexity index is 1400. The van der Waals surface area contributed by atoms with Crippen molar-refractivity contribution in [2.45, 2.75) is 31.7 Å². The summed E-state index contributed by atoms with van der Waals surface area (Å²) in [5, 5.41) is 5.54. The number of aromatic amines is 1. The van der Waals surface area contributed by atoms with Crippen molar-refractivity contribution >= 4 is 33.7 Å². The second kappa shape index (κ2) is 10.8. The summed E-state index contributed by atoms with van der Waals surface area (Å²) in [7, 11) is 1.65. The van der Waals surface area contributed by atoms with Crippen LogP contribution < -0.4 is 19.7 Å². The molecule has 4 aromatic rings. The monoisotopic (exact) mass is 514 g/mol. The molecule has 2 saturated heterocycles. The number of nitrogens with one attached hydrogen (secondary N) is 2. The molecule has 3 aromatic heterocycles. The number of urea groups is 1. The SMILES string of the molecule is COc1ccc(OCC2CCCN(C(=O)NC3CCN(c4cc[nH]c5cnc6nccc6c45)CC3)C2)cc1. The molecule has 1 atom stereocenters. The summed E-state index contributed by atoms with van der Waals surface area (Å²) in [4.78, 5) is 29.7. The second-order valence-electron chi connectivity index (χ2n) is 10.2. The van der Waals surface area contributed by atoms with Crippen LogP contribution in [0.15, 0.2) is 55.0 Å². The highest BCUT2D eigenvalue weighted by Crippen LogP contribution is 2.32. The Morgan fingerprint density at radius 1 is 1.05 bits per heavy atom. The van der Waals surface area contributed by atoms with Gasteiger partial charge >= 0.3 is 6.03 Å². The highest BCUT2D eigenvalue weighted by Gasteiger charge is 2.28. The van der Waals surface area contributed by atoms with E-state index in [0.717, 1.165) is 85.3 Å². The van der Waals surface area contributed by atoms with Crippen LogP contribution in [0.2, 0.25) is 0 Å². The largest absolute Gasteiger partial charge is 0.497 e. The summed E-state index contributed by atoms with van der Waals surface area (Å²) in [5.74, 6) is 1.97. The summed E-state index contributed by atoms with van der Waals surface area (Å²) < 4.78 is 11.2. The number of benzene rings is 1. The second-order valence-corrected chi connectivity index (χ2v) is 10.2. The molecule has 6 rings (SSSR count). The molecule has 0 radical (unpaired) electrons. The van der Waals surface area contributed by atoms with Crippen molar-refractivity contribution in [3.63, 3.8) is 0 Å². The first-order valence-corrected chi connectivity index (χ1v) is 13.5. The van der Waals surface area contributed by atoms with Crippen molar-refractivity contribution in [2.75, 3.05) is 44.8 Å². The summed E-state index contributed by atoms with van der Waals surface area (Å²) in [5.41, 5.74) is 2.98. The lowest BCUT2D eigenvalue weighted by Crippen LogP contribution is -2.52. The molecule has 0 saturated carbocycles. The van der Waals surface area contributed by atoms with Crippen molar-refractivity contribution in [1.82, 2.24) is 25.2 Å². The van der Waals surface area contributed by atoms with Crippen molar-refractivity contribution in [3.8, 4) is 11.5 Å². The van der Waals surface area contributed by atoms with Crippen LogP contribution in [0.5, 0.6) is 11.5 Å². The van der Waals surface area contributed by atoms with Crippen LogP contribution in [0.4, 0.5) is 10.5 Å². The molecule has 2 N–H and O–H groups in total. The normalized spacial score (nSPS) is 18.6. The summed E-state index contributed by atoms with van der Waals surface area (Å²) in [6, 6.07) is 12.0. The molecule has 0 aliphatic carbocycles. The van der Waals surface area contributed by atoms with Gasteiger partial charge in [0.2, 0.25) is 0 Å². The maximum Gasteiger partial charge on any atom is 0.317 e. The van der Waals surface area contributed by atoms with Crippen molar-refractivity contribution in [2.24, 2.45) is 5.92 Å². The van der Waals surface area contributed by atoms with E-state index in [0.29, 0.717) is 12.5 Å². The van der Waals surface area contributed by atoms with Crippen molar-refractivity contribution < 1.29 is 14.3 Å². The van der Waals surface area contributed by atoms with Gasteiger partial charge in [-0.1, -0.05) is 0 Å². The van der Waals surface area contributed by atoms with E-state index in [-0.39, 0.29) is 12.1 Å². The molecule has 38 heavy (non-hydrogen) atoms. The Hall–Kier alpha value is -4.01.